The van der Waals surface area contributed by atoms with Crippen LogP contribution in [0.15, 0.2) is 42.5 Å². The predicted molar refractivity (Wildman–Crippen MR) is 106 cm³/mol. The van der Waals surface area contributed by atoms with Crippen molar-refractivity contribution in [2.75, 3.05) is 30.0 Å². The fourth-order valence-corrected chi connectivity index (χ4v) is 4.16. The van der Waals surface area contributed by atoms with Crippen LogP contribution >= 0.6 is 11.6 Å². The van der Waals surface area contributed by atoms with Crippen LogP contribution in [0.5, 0.6) is 5.75 Å². The molecular weight excluding hydrogens is 364 g/mol. The quantitative estimate of drug-likeness (QED) is 0.811. The average molecular weight is 385 g/mol. The Hall–Kier alpha value is -2.53. The lowest BCUT2D eigenvalue weighted by atomic mass is 9.98. The molecule has 0 saturated carbocycles. The van der Waals surface area contributed by atoms with Crippen molar-refractivity contribution in [1.29, 1.82) is 0 Å². The molecule has 2 aromatic rings. The molecule has 140 valence electrons. The lowest BCUT2D eigenvalue weighted by molar-refractivity contribution is -0.124. The third-order valence-electron chi connectivity index (χ3n) is 5.29. The van der Waals surface area contributed by atoms with Gasteiger partial charge in [-0.3, -0.25) is 9.59 Å². The molecule has 5 nitrogen and oxygen atoms in total. The summed E-state index contributed by atoms with van der Waals surface area (Å²) in [5.74, 6) is 0.378. The van der Waals surface area contributed by atoms with E-state index in [-0.39, 0.29) is 24.2 Å². The Labute approximate surface area is 163 Å². The molecule has 27 heavy (non-hydrogen) atoms. The lowest BCUT2D eigenvalue weighted by Crippen LogP contribution is -2.40. The number of aryl methyl sites for hydroxylation is 1. The van der Waals surface area contributed by atoms with Crippen LogP contribution in [-0.4, -0.2) is 32.0 Å². The van der Waals surface area contributed by atoms with Gasteiger partial charge in [0.15, 0.2) is 0 Å². The number of benzene rings is 2. The largest absolute Gasteiger partial charge is 0.497 e. The number of anilines is 2. The van der Waals surface area contributed by atoms with Crippen molar-refractivity contribution < 1.29 is 14.3 Å². The van der Waals surface area contributed by atoms with Gasteiger partial charge >= 0.3 is 0 Å². The van der Waals surface area contributed by atoms with Gasteiger partial charge in [0.25, 0.3) is 0 Å². The molecule has 2 aliphatic rings. The van der Waals surface area contributed by atoms with E-state index in [9.17, 15) is 9.59 Å². The van der Waals surface area contributed by atoms with Crippen molar-refractivity contribution in [3.8, 4) is 5.75 Å². The molecule has 2 aromatic carbocycles. The molecule has 2 aliphatic heterocycles. The number of fused-ring (bicyclic) bond motifs is 1. The van der Waals surface area contributed by atoms with Crippen LogP contribution in [0.4, 0.5) is 11.4 Å². The Bertz CT molecular complexity index is 899. The summed E-state index contributed by atoms with van der Waals surface area (Å²) in [6, 6.07) is 13.0. The third-order valence-corrected chi connectivity index (χ3v) is 5.61. The maximum Gasteiger partial charge on any atom is 0.232 e. The monoisotopic (exact) mass is 384 g/mol. The van der Waals surface area contributed by atoms with Crippen molar-refractivity contribution >= 4 is 34.8 Å². The zero-order chi connectivity index (χ0) is 19.0. The number of hydrogen-bond donors (Lipinski definition) is 0. The predicted octanol–water partition coefficient (Wildman–Crippen LogP) is 3.68. The number of amides is 2. The molecule has 0 aliphatic carbocycles. The topological polar surface area (TPSA) is 49.9 Å². The van der Waals surface area contributed by atoms with E-state index >= 15 is 0 Å². The molecule has 6 heteroatoms. The van der Waals surface area contributed by atoms with E-state index in [2.05, 4.69) is 0 Å². The number of methoxy groups -OCH3 is 1. The fourth-order valence-electron chi connectivity index (χ4n) is 3.93. The Kier molecular flexibility index (Phi) is 4.79. The number of nitrogens with zero attached hydrogens (tertiary/aromatic N) is 2. The highest BCUT2D eigenvalue weighted by Crippen LogP contribution is 2.35. The molecule has 0 bridgehead atoms. The number of halogens is 1. The standard InChI is InChI=1S/C21H21ClN2O3/c1-27-16-8-9-18-14(11-16)5-4-10-23(18)21(26)15-12-20(25)24(13-15)19-7-3-2-6-17(19)22/h2-3,6-9,11,15H,4-5,10,12-13H2,1H3. The van der Waals surface area contributed by atoms with E-state index in [1.165, 1.54) is 0 Å². The molecule has 1 saturated heterocycles. The first-order valence-electron chi connectivity index (χ1n) is 9.11. The van der Waals surface area contributed by atoms with Gasteiger partial charge in [0.05, 0.1) is 23.7 Å². The van der Waals surface area contributed by atoms with Gasteiger partial charge in [0.1, 0.15) is 5.75 Å². The van der Waals surface area contributed by atoms with Gasteiger partial charge in [-0.1, -0.05) is 23.7 Å². The molecule has 1 unspecified atom stereocenters. The second-order valence-electron chi connectivity index (χ2n) is 6.94. The molecule has 0 N–H and O–H groups in total. The van der Waals surface area contributed by atoms with Gasteiger partial charge in [-0.15, -0.1) is 0 Å². The van der Waals surface area contributed by atoms with Crippen molar-refractivity contribution in [3.63, 3.8) is 0 Å². The fraction of sp³-hybridized carbons (Fsp3) is 0.333. The van der Waals surface area contributed by atoms with Crippen LogP contribution in [0, 0.1) is 5.92 Å². The first kappa shape index (κ1) is 17.9. The minimum Gasteiger partial charge on any atom is -0.497 e. The number of carbonyl (C=O) groups excluding carboxylic acids is 2. The maximum absolute atomic E-state index is 13.2. The van der Waals surface area contributed by atoms with E-state index < -0.39 is 0 Å². The van der Waals surface area contributed by atoms with Crippen LogP contribution < -0.4 is 14.5 Å². The SMILES string of the molecule is COc1ccc2c(c1)CCCN2C(=O)C1CC(=O)N(c2ccccc2Cl)C1. The van der Waals surface area contributed by atoms with Gasteiger partial charge in [-0.25, -0.2) is 0 Å². The number of rotatable bonds is 3. The molecule has 0 spiro atoms. The van der Waals surface area contributed by atoms with Crippen molar-refractivity contribution in [3.05, 3.63) is 53.1 Å². The van der Waals surface area contributed by atoms with Gasteiger partial charge in [-0.2, -0.15) is 0 Å². The van der Waals surface area contributed by atoms with Crippen molar-refractivity contribution in [2.24, 2.45) is 5.92 Å². The summed E-state index contributed by atoms with van der Waals surface area (Å²) in [6.45, 7) is 1.04. The Morgan fingerprint density at radius 3 is 2.78 bits per heavy atom. The molecule has 1 atom stereocenters. The smallest absolute Gasteiger partial charge is 0.232 e. The third kappa shape index (κ3) is 3.28. The van der Waals surface area contributed by atoms with Gasteiger partial charge in [0.2, 0.25) is 11.8 Å². The highest BCUT2D eigenvalue weighted by atomic mass is 35.5. The molecule has 1 fully saturated rings. The van der Waals surface area contributed by atoms with E-state index in [0.717, 1.165) is 29.8 Å². The minimum atomic E-state index is -0.359. The van der Waals surface area contributed by atoms with Gasteiger partial charge in [0, 0.05) is 25.2 Å². The van der Waals surface area contributed by atoms with Crippen LogP contribution in [0.1, 0.15) is 18.4 Å². The molecule has 4 rings (SSSR count). The number of carbonyl (C=O) groups is 2. The highest BCUT2D eigenvalue weighted by Gasteiger charge is 2.39. The highest BCUT2D eigenvalue weighted by molar-refractivity contribution is 6.34. The normalized spacial score (nSPS) is 19.2. The molecule has 0 aromatic heterocycles. The number of ether oxygens (including phenoxy) is 1. The van der Waals surface area contributed by atoms with E-state index in [0.29, 0.717) is 23.8 Å². The number of hydrogen-bond acceptors (Lipinski definition) is 3. The summed E-state index contributed by atoms with van der Waals surface area (Å²) >= 11 is 6.24. The summed E-state index contributed by atoms with van der Waals surface area (Å²) in [4.78, 5) is 29.2. The lowest BCUT2D eigenvalue weighted by Gasteiger charge is -2.31. The second-order valence-corrected chi connectivity index (χ2v) is 7.35. The first-order valence-corrected chi connectivity index (χ1v) is 9.49. The molecule has 0 radical (unpaired) electrons. The van der Waals surface area contributed by atoms with Crippen LogP contribution in [-0.2, 0) is 16.0 Å². The molecule has 2 heterocycles. The molecular formula is C21H21ClN2O3. The zero-order valence-corrected chi connectivity index (χ0v) is 15.9. The van der Waals surface area contributed by atoms with Crippen LogP contribution in [0.2, 0.25) is 5.02 Å². The van der Waals surface area contributed by atoms with E-state index in [1.54, 1.807) is 18.1 Å². The summed E-state index contributed by atoms with van der Waals surface area (Å²) in [5, 5.41) is 0.523. The summed E-state index contributed by atoms with van der Waals surface area (Å²) in [6.07, 6.45) is 2.04. The summed E-state index contributed by atoms with van der Waals surface area (Å²) < 4.78 is 5.30. The van der Waals surface area contributed by atoms with E-state index in [4.69, 9.17) is 16.3 Å². The zero-order valence-electron chi connectivity index (χ0n) is 15.2. The minimum absolute atomic E-state index is 0.00372. The maximum atomic E-state index is 13.2. The van der Waals surface area contributed by atoms with Crippen molar-refractivity contribution in [2.45, 2.75) is 19.3 Å². The average Bonchev–Trinajstić information content (AvgIpc) is 3.08. The Morgan fingerprint density at radius 1 is 1.19 bits per heavy atom. The van der Waals surface area contributed by atoms with Gasteiger partial charge < -0.3 is 14.5 Å². The molecule has 2 amide bonds. The van der Waals surface area contributed by atoms with Gasteiger partial charge in [-0.05, 0) is 48.7 Å². The second kappa shape index (κ2) is 7.24. The number of para-hydroxylation sites is 1. The van der Waals surface area contributed by atoms with Crippen LogP contribution in [0.25, 0.3) is 0 Å². The van der Waals surface area contributed by atoms with Crippen LogP contribution in [0.3, 0.4) is 0 Å². The first-order chi connectivity index (χ1) is 13.1. The Balaban J connectivity index is 1.56. The summed E-state index contributed by atoms with van der Waals surface area (Å²) in [5.41, 5.74) is 2.71. The van der Waals surface area contributed by atoms with Crippen molar-refractivity contribution in [1.82, 2.24) is 0 Å². The van der Waals surface area contributed by atoms with E-state index in [1.807, 2.05) is 41.3 Å². The Morgan fingerprint density at radius 2 is 2.00 bits per heavy atom. The summed E-state index contributed by atoms with van der Waals surface area (Å²) in [7, 11) is 1.64.